The lowest BCUT2D eigenvalue weighted by atomic mass is 9.94. The molecule has 3 N–H and O–H groups in total. The van der Waals surface area contributed by atoms with Crippen LogP contribution in [0.5, 0.6) is 0 Å². The number of carbonyl (C=O) groups excluding carboxylic acids is 1. The van der Waals surface area contributed by atoms with Gasteiger partial charge in [-0.25, -0.2) is 0 Å². The Balaban J connectivity index is 2.30. The fourth-order valence-electron chi connectivity index (χ4n) is 1.58. The molecule has 0 radical (unpaired) electrons. The van der Waals surface area contributed by atoms with Gasteiger partial charge in [0.2, 0.25) is 5.91 Å². The minimum Gasteiger partial charge on any atom is -0.354 e. The van der Waals surface area contributed by atoms with Crippen LogP contribution in [-0.2, 0) is 11.2 Å². The number of nitrogens with one attached hydrogen (secondary N) is 1. The Hall–Kier alpha value is -0.580. The fourth-order valence-corrected chi connectivity index (χ4v) is 2.66. The first-order valence-electron chi connectivity index (χ1n) is 6.27. The van der Waals surface area contributed by atoms with Crippen molar-refractivity contribution < 1.29 is 4.79 Å². The molecule has 1 amide bonds. The third-order valence-corrected chi connectivity index (χ3v) is 4.61. The van der Waals surface area contributed by atoms with Crippen molar-refractivity contribution in [3.63, 3.8) is 0 Å². The van der Waals surface area contributed by atoms with E-state index in [2.05, 4.69) is 5.32 Å². The highest BCUT2D eigenvalue weighted by Crippen LogP contribution is 2.20. The molecule has 0 unspecified atom stereocenters. The van der Waals surface area contributed by atoms with Gasteiger partial charge >= 0.3 is 0 Å². The summed E-state index contributed by atoms with van der Waals surface area (Å²) in [4.78, 5) is 12.8. The lowest BCUT2D eigenvalue weighted by Crippen LogP contribution is -2.49. The van der Waals surface area contributed by atoms with Gasteiger partial charge in [-0.05, 0) is 25.3 Å². The maximum atomic E-state index is 11.7. The van der Waals surface area contributed by atoms with Crippen LogP contribution in [0.25, 0.3) is 0 Å². The molecule has 1 rings (SSSR count). The zero-order chi connectivity index (χ0) is 13.6. The van der Waals surface area contributed by atoms with Gasteiger partial charge in [-0.15, -0.1) is 11.3 Å². The quantitative estimate of drug-likeness (QED) is 0.810. The summed E-state index contributed by atoms with van der Waals surface area (Å²) in [6.45, 7) is 4.64. The van der Waals surface area contributed by atoms with Crippen LogP contribution in [0.4, 0.5) is 0 Å². The Bertz CT molecular complexity index is 388. The Labute approximate surface area is 118 Å². The first-order valence-corrected chi connectivity index (χ1v) is 7.53. The highest BCUT2D eigenvalue weighted by atomic mass is 35.5. The van der Waals surface area contributed by atoms with Crippen molar-refractivity contribution in [1.82, 2.24) is 5.32 Å². The smallest absolute Gasteiger partial charge is 0.220 e. The van der Waals surface area contributed by atoms with Gasteiger partial charge in [0.25, 0.3) is 0 Å². The number of halogens is 1. The van der Waals surface area contributed by atoms with Gasteiger partial charge in [0, 0.05) is 28.8 Å². The summed E-state index contributed by atoms with van der Waals surface area (Å²) in [6.07, 6.45) is 2.95. The number of amides is 1. The summed E-state index contributed by atoms with van der Waals surface area (Å²) >= 11 is 7.42. The second-order valence-electron chi connectivity index (χ2n) is 4.58. The summed E-state index contributed by atoms with van der Waals surface area (Å²) in [5.41, 5.74) is 5.85. The Morgan fingerprint density at radius 2 is 2.17 bits per heavy atom. The van der Waals surface area contributed by atoms with Gasteiger partial charge in [0.1, 0.15) is 0 Å². The Kier molecular flexibility index (Phi) is 6.12. The van der Waals surface area contributed by atoms with E-state index in [0.29, 0.717) is 13.0 Å². The van der Waals surface area contributed by atoms with Crippen LogP contribution >= 0.6 is 22.9 Å². The van der Waals surface area contributed by atoms with Crippen LogP contribution in [0.2, 0.25) is 5.02 Å². The van der Waals surface area contributed by atoms with E-state index in [0.717, 1.165) is 29.2 Å². The standard InChI is InChI=1S/C13H21ClN2OS/c1-3-13(15,4-2)9-16-12(17)6-5-11-7-10(14)8-18-11/h7-8H,3-6,9,15H2,1-2H3,(H,16,17). The first kappa shape index (κ1) is 15.5. The lowest BCUT2D eigenvalue weighted by molar-refractivity contribution is -0.121. The van der Waals surface area contributed by atoms with E-state index in [-0.39, 0.29) is 11.4 Å². The SMILES string of the molecule is CCC(N)(CC)CNC(=O)CCc1cc(Cl)cs1. The van der Waals surface area contributed by atoms with Crippen LogP contribution < -0.4 is 11.1 Å². The molecule has 1 aromatic heterocycles. The molecule has 0 aliphatic heterocycles. The largest absolute Gasteiger partial charge is 0.354 e. The topological polar surface area (TPSA) is 55.1 Å². The molecule has 0 atom stereocenters. The summed E-state index contributed by atoms with van der Waals surface area (Å²) in [6, 6.07) is 1.91. The highest BCUT2D eigenvalue weighted by molar-refractivity contribution is 7.10. The second kappa shape index (κ2) is 7.12. The van der Waals surface area contributed by atoms with Gasteiger partial charge in [0.05, 0.1) is 5.02 Å². The zero-order valence-corrected chi connectivity index (χ0v) is 12.5. The van der Waals surface area contributed by atoms with Gasteiger partial charge in [-0.3, -0.25) is 4.79 Å². The second-order valence-corrected chi connectivity index (χ2v) is 6.01. The molecule has 0 bridgehead atoms. The summed E-state index contributed by atoms with van der Waals surface area (Å²) in [7, 11) is 0. The van der Waals surface area contributed by atoms with E-state index >= 15 is 0 Å². The van der Waals surface area contributed by atoms with Crippen LogP contribution in [0, 0.1) is 0 Å². The molecule has 1 heterocycles. The molecule has 18 heavy (non-hydrogen) atoms. The molecule has 5 heteroatoms. The summed E-state index contributed by atoms with van der Waals surface area (Å²) in [5.74, 6) is 0.0521. The van der Waals surface area contributed by atoms with Gasteiger partial charge in [-0.1, -0.05) is 25.4 Å². The van der Waals surface area contributed by atoms with Crippen LogP contribution in [0.15, 0.2) is 11.4 Å². The van der Waals surface area contributed by atoms with Gasteiger partial charge in [-0.2, -0.15) is 0 Å². The maximum absolute atomic E-state index is 11.7. The average molecular weight is 289 g/mol. The summed E-state index contributed by atoms with van der Waals surface area (Å²) in [5, 5.41) is 5.54. The number of hydrogen-bond acceptors (Lipinski definition) is 3. The van der Waals surface area contributed by atoms with Gasteiger partial charge in [0.15, 0.2) is 0 Å². The minimum atomic E-state index is -0.276. The Morgan fingerprint density at radius 1 is 1.50 bits per heavy atom. The maximum Gasteiger partial charge on any atom is 0.220 e. The molecule has 3 nitrogen and oxygen atoms in total. The molecule has 1 aromatic rings. The molecule has 102 valence electrons. The number of rotatable bonds is 7. The number of thiophene rings is 1. The first-order chi connectivity index (χ1) is 8.49. The van der Waals surface area contributed by atoms with E-state index in [9.17, 15) is 4.79 Å². The minimum absolute atomic E-state index is 0.0521. The third kappa shape index (κ3) is 4.96. The number of carbonyl (C=O) groups is 1. The predicted octanol–water partition coefficient (Wildman–Crippen LogP) is 2.97. The van der Waals surface area contributed by atoms with E-state index in [4.69, 9.17) is 17.3 Å². The lowest BCUT2D eigenvalue weighted by Gasteiger charge is -2.26. The molecule has 0 aromatic carbocycles. The molecule has 0 saturated heterocycles. The number of nitrogens with two attached hydrogens (primary N) is 1. The van der Waals surface area contributed by atoms with Crippen molar-refractivity contribution in [2.45, 2.75) is 45.1 Å². The fraction of sp³-hybridized carbons (Fsp3) is 0.615. The molecule has 0 saturated carbocycles. The third-order valence-electron chi connectivity index (χ3n) is 3.27. The molecule has 0 spiro atoms. The summed E-state index contributed by atoms with van der Waals surface area (Å²) < 4.78 is 0. The predicted molar refractivity (Wildman–Crippen MR) is 78.2 cm³/mol. The Morgan fingerprint density at radius 3 is 2.67 bits per heavy atom. The van der Waals surface area contributed by atoms with Crippen molar-refractivity contribution >= 4 is 28.8 Å². The molecule has 0 aliphatic rings. The van der Waals surface area contributed by atoms with E-state index in [1.165, 1.54) is 0 Å². The van der Waals surface area contributed by atoms with Crippen molar-refractivity contribution in [3.8, 4) is 0 Å². The number of hydrogen-bond donors (Lipinski definition) is 2. The van der Waals surface area contributed by atoms with E-state index in [1.54, 1.807) is 11.3 Å². The van der Waals surface area contributed by atoms with Crippen molar-refractivity contribution in [2.75, 3.05) is 6.54 Å². The average Bonchev–Trinajstić information content (AvgIpc) is 2.79. The van der Waals surface area contributed by atoms with Gasteiger partial charge < -0.3 is 11.1 Å². The molecule has 0 aliphatic carbocycles. The monoisotopic (exact) mass is 288 g/mol. The van der Waals surface area contributed by atoms with Crippen molar-refractivity contribution in [2.24, 2.45) is 5.73 Å². The molecular formula is C13H21ClN2OS. The van der Waals surface area contributed by atoms with E-state index < -0.39 is 0 Å². The van der Waals surface area contributed by atoms with Crippen LogP contribution in [-0.4, -0.2) is 18.0 Å². The number of aryl methyl sites for hydroxylation is 1. The van der Waals surface area contributed by atoms with Crippen LogP contribution in [0.3, 0.4) is 0 Å². The van der Waals surface area contributed by atoms with Crippen molar-refractivity contribution in [3.05, 3.63) is 21.3 Å². The highest BCUT2D eigenvalue weighted by Gasteiger charge is 2.20. The molecule has 0 fully saturated rings. The molecular weight excluding hydrogens is 268 g/mol. The zero-order valence-electron chi connectivity index (χ0n) is 11.0. The van der Waals surface area contributed by atoms with Crippen LogP contribution in [0.1, 0.15) is 38.0 Å². The normalized spacial score (nSPS) is 11.6. The van der Waals surface area contributed by atoms with E-state index in [1.807, 2.05) is 25.3 Å². The van der Waals surface area contributed by atoms with Crippen molar-refractivity contribution in [1.29, 1.82) is 0 Å².